The molecule has 1 heterocycles. The lowest BCUT2D eigenvalue weighted by Gasteiger charge is -2.35. The first kappa shape index (κ1) is 17.1. The molecule has 0 saturated carbocycles. The monoisotopic (exact) mass is 349 g/mol. The molecule has 0 aromatic heterocycles. The second-order valence-electron chi connectivity index (χ2n) is 6.52. The molecule has 1 fully saturated rings. The topological polar surface area (TPSA) is 64.6 Å². The highest BCUT2D eigenvalue weighted by Gasteiger charge is 2.24. The van der Waals surface area contributed by atoms with E-state index >= 15 is 0 Å². The molecule has 1 aliphatic heterocycles. The molecular weight excluding hydrogens is 326 g/mol. The summed E-state index contributed by atoms with van der Waals surface area (Å²) in [6, 6.07) is 7.78. The van der Waals surface area contributed by atoms with Gasteiger partial charge in [0.2, 0.25) is 0 Å². The maximum absolute atomic E-state index is 12.2. The van der Waals surface area contributed by atoms with Gasteiger partial charge < -0.3 is 20.6 Å². The van der Waals surface area contributed by atoms with Gasteiger partial charge in [-0.2, -0.15) is 0 Å². The number of carbonyl (C=O) groups excluding carboxylic acids is 1. The maximum atomic E-state index is 12.2. The van der Waals surface area contributed by atoms with E-state index in [9.17, 15) is 4.79 Å². The number of urea groups is 1. The molecular formula is C18H24ClN3O2. The highest BCUT2D eigenvalue weighted by molar-refractivity contribution is 6.33. The van der Waals surface area contributed by atoms with E-state index < -0.39 is 0 Å². The van der Waals surface area contributed by atoms with Gasteiger partial charge in [-0.25, -0.2) is 4.79 Å². The van der Waals surface area contributed by atoms with Crippen LogP contribution in [0.3, 0.4) is 0 Å². The van der Waals surface area contributed by atoms with E-state index in [0.29, 0.717) is 0 Å². The van der Waals surface area contributed by atoms with Gasteiger partial charge in [0.25, 0.3) is 0 Å². The van der Waals surface area contributed by atoms with Crippen molar-refractivity contribution in [3.8, 4) is 0 Å². The molecule has 1 saturated heterocycles. The van der Waals surface area contributed by atoms with Crippen LogP contribution in [0.25, 0.3) is 0 Å². The number of benzene rings is 1. The number of halogens is 1. The second kappa shape index (κ2) is 7.90. The van der Waals surface area contributed by atoms with Crippen LogP contribution in [0.15, 0.2) is 36.4 Å². The zero-order chi connectivity index (χ0) is 16.9. The lowest BCUT2D eigenvalue weighted by atomic mass is 10.0. The summed E-state index contributed by atoms with van der Waals surface area (Å²) in [5, 5.41) is 15.9. The molecule has 2 aliphatic rings. The molecule has 130 valence electrons. The molecule has 2 amide bonds. The third-order valence-electron chi connectivity index (χ3n) is 4.67. The van der Waals surface area contributed by atoms with Crippen molar-refractivity contribution in [3.63, 3.8) is 0 Å². The molecule has 3 N–H and O–H groups in total. The van der Waals surface area contributed by atoms with Gasteiger partial charge in [0.05, 0.1) is 10.7 Å². The van der Waals surface area contributed by atoms with Crippen LogP contribution in [0, 0.1) is 5.92 Å². The van der Waals surface area contributed by atoms with Crippen molar-refractivity contribution in [2.24, 2.45) is 5.92 Å². The van der Waals surface area contributed by atoms with Crippen molar-refractivity contribution in [2.75, 3.05) is 24.6 Å². The Bertz CT molecular complexity index is 608. The van der Waals surface area contributed by atoms with Crippen LogP contribution in [-0.2, 0) is 0 Å². The van der Waals surface area contributed by atoms with E-state index in [1.54, 1.807) is 0 Å². The Hall–Kier alpha value is -1.72. The number of hydrogen-bond acceptors (Lipinski definition) is 3. The summed E-state index contributed by atoms with van der Waals surface area (Å²) in [7, 11) is 0. The Balaban J connectivity index is 1.51. The fraction of sp³-hybridized carbons (Fsp3) is 0.500. The predicted molar refractivity (Wildman–Crippen MR) is 96.5 cm³/mol. The van der Waals surface area contributed by atoms with Gasteiger partial charge >= 0.3 is 6.03 Å². The van der Waals surface area contributed by atoms with E-state index in [2.05, 4.69) is 15.5 Å². The van der Waals surface area contributed by atoms with Crippen molar-refractivity contribution >= 4 is 23.3 Å². The van der Waals surface area contributed by atoms with Crippen molar-refractivity contribution in [3.05, 3.63) is 41.4 Å². The molecule has 1 unspecified atom stereocenters. The van der Waals surface area contributed by atoms with Crippen molar-refractivity contribution in [1.82, 2.24) is 10.6 Å². The van der Waals surface area contributed by atoms with Crippen molar-refractivity contribution in [2.45, 2.75) is 31.3 Å². The minimum absolute atomic E-state index is 0.00501. The number of nitrogens with one attached hydrogen (secondary N) is 2. The van der Waals surface area contributed by atoms with E-state index in [1.807, 2.05) is 36.4 Å². The third-order valence-corrected chi connectivity index (χ3v) is 4.99. The predicted octanol–water partition coefficient (Wildman–Crippen LogP) is 2.55. The molecule has 1 aliphatic carbocycles. The van der Waals surface area contributed by atoms with Crippen LogP contribution in [0.4, 0.5) is 10.5 Å². The number of aliphatic hydroxyl groups excluding tert-OH is 1. The van der Waals surface area contributed by atoms with Crippen LogP contribution in [0.1, 0.15) is 19.3 Å². The number of aliphatic hydroxyl groups is 1. The quantitative estimate of drug-likeness (QED) is 0.732. The van der Waals surface area contributed by atoms with E-state index in [4.69, 9.17) is 16.7 Å². The SMILES string of the molecule is O=C(NC1CCCN(c2ccccc2Cl)C1)N[C@@H]1C=C[C@H](CO)C1. The maximum Gasteiger partial charge on any atom is 0.315 e. The summed E-state index contributed by atoms with van der Waals surface area (Å²) in [6.07, 6.45) is 6.67. The smallest absolute Gasteiger partial charge is 0.315 e. The molecule has 3 atom stereocenters. The van der Waals surface area contributed by atoms with E-state index in [-0.39, 0.29) is 30.6 Å². The molecule has 5 nitrogen and oxygen atoms in total. The highest BCUT2D eigenvalue weighted by atomic mass is 35.5. The second-order valence-corrected chi connectivity index (χ2v) is 6.93. The van der Waals surface area contributed by atoms with Crippen LogP contribution in [0.2, 0.25) is 5.02 Å². The lowest BCUT2D eigenvalue weighted by molar-refractivity contribution is 0.227. The molecule has 0 spiro atoms. The molecule has 3 rings (SSSR count). The summed E-state index contributed by atoms with van der Waals surface area (Å²) < 4.78 is 0. The number of hydrogen-bond donors (Lipinski definition) is 3. The van der Waals surface area contributed by atoms with Crippen molar-refractivity contribution in [1.29, 1.82) is 0 Å². The van der Waals surface area contributed by atoms with E-state index in [0.717, 1.165) is 43.1 Å². The Labute approximate surface area is 147 Å². The number of rotatable bonds is 4. The van der Waals surface area contributed by atoms with Gasteiger partial charge in [-0.3, -0.25) is 0 Å². The van der Waals surface area contributed by atoms with E-state index in [1.165, 1.54) is 0 Å². The number of anilines is 1. The summed E-state index contributed by atoms with van der Waals surface area (Å²) in [4.78, 5) is 14.4. The molecule has 0 bridgehead atoms. The first-order valence-corrected chi connectivity index (χ1v) is 8.89. The van der Waals surface area contributed by atoms with Gasteiger partial charge in [0.1, 0.15) is 0 Å². The van der Waals surface area contributed by atoms with Crippen LogP contribution >= 0.6 is 11.6 Å². The number of para-hydroxylation sites is 1. The van der Waals surface area contributed by atoms with Gasteiger partial charge in [0, 0.05) is 37.7 Å². The minimum atomic E-state index is -0.144. The first-order valence-electron chi connectivity index (χ1n) is 8.51. The molecule has 1 aromatic carbocycles. The van der Waals surface area contributed by atoms with Crippen LogP contribution in [-0.4, -0.2) is 42.9 Å². The Morgan fingerprint density at radius 3 is 2.88 bits per heavy atom. The van der Waals surface area contributed by atoms with Gasteiger partial charge in [-0.1, -0.05) is 35.9 Å². The molecule has 24 heavy (non-hydrogen) atoms. The summed E-state index contributed by atoms with van der Waals surface area (Å²) >= 11 is 6.28. The Morgan fingerprint density at radius 1 is 1.29 bits per heavy atom. The van der Waals surface area contributed by atoms with Crippen molar-refractivity contribution < 1.29 is 9.90 Å². The number of piperidine rings is 1. The van der Waals surface area contributed by atoms with Crippen LogP contribution in [0.5, 0.6) is 0 Å². The average molecular weight is 350 g/mol. The zero-order valence-corrected chi connectivity index (χ0v) is 14.4. The fourth-order valence-electron chi connectivity index (χ4n) is 3.43. The van der Waals surface area contributed by atoms with Crippen LogP contribution < -0.4 is 15.5 Å². The molecule has 0 radical (unpaired) electrons. The Kier molecular flexibility index (Phi) is 5.63. The zero-order valence-electron chi connectivity index (χ0n) is 13.6. The van der Waals surface area contributed by atoms with Gasteiger partial charge in [-0.05, 0) is 31.4 Å². The first-order chi connectivity index (χ1) is 11.7. The average Bonchev–Trinajstić information content (AvgIpc) is 3.03. The fourth-order valence-corrected chi connectivity index (χ4v) is 3.69. The van der Waals surface area contributed by atoms with Gasteiger partial charge in [0.15, 0.2) is 0 Å². The summed E-state index contributed by atoms with van der Waals surface area (Å²) in [5.41, 5.74) is 1.02. The van der Waals surface area contributed by atoms with Gasteiger partial charge in [-0.15, -0.1) is 0 Å². The number of amides is 2. The Morgan fingerprint density at radius 2 is 2.12 bits per heavy atom. The highest BCUT2D eigenvalue weighted by Crippen LogP contribution is 2.27. The normalized spacial score (nSPS) is 26.4. The summed E-state index contributed by atoms with van der Waals surface area (Å²) in [5.74, 6) is 0.153. The molecule has 1 aromatic rings. The third kappa shape index (κ3) is 4.22. The standard InChI is InChI=1S/C18H24ClN3O2/c19-16-5-1-2-6-17(16)22-9-3-4-15(11-22)21-18(24)20-14-8-7-13(10-14)12-23/h1-2,5-8,13-15,23H,3-4,9-12H2,(H2,20,21,24)/t13-,14+,15?/m0/s1. The number of carbonyl (C=O) groups is 1. The lowest BCUT2D eigenvalue weighted by Crippen LogP contribution is -2.52. The minimum Gasteiger partial charge on any atom is -0.396 e. The molecule has 6 heteroatoms. The largest absolute Gasteiger partial charge is 0.396 e. The summed E-state index contributed by atoms with van der Waals surface area (Å²) in [6.45, 7) is 1.84. The number of nitrogens with zero attached hydrogens (tertiary/aromatic N) is 1.